The summed E-state index contributed by atoms with van der Waals surface area (Å²) in [7, 11) is 0. The van der Waals surface area contributed by atoms with Gasteiger partial charge in [-0.25, -0.2) is 0 Å². The van der Waals surface area contributed by atoms with Gasteiger partial charge < -0.3 is 10.2 Å². The fraction of sp³-hybridized carbons (Fsp3) is 0.222. The summed E-state index contributed by atoms with van der Waals surface area (Å²) in [5, 5.41) is 2.50. The van der Waals surface area contributed by atoms with Crippen LogP contribution in [0.4, 0.5) is 18.9 Å². The number of rotatable bonds is 5. The summed E-state index contributed by atoms with van der Waals surface area (Å²) in [4.78, 5) is 24.8. The topological polar surface area (TPSA) is 49.4 Å². The van der Waals surface area contributed by atoms with Crippen LogP contribution < -0.4 is 10.2 Å². The van der Waals surface area contributed by atoms with Crippen LogP contribution in [0.2, 0.25) is 5.02 Å². The predicted molar refractivity (Wildman–Crippen MR) is 93.3 cm³/mol. The van der Waals surface area contributed by atoms with Crippen LogP contribution >= 0.6 is 11.6 Å². The Bertz CT molecular complexity index is 795. The first-order valence-electron chi connectivity index (χ1n) is 7.68. The van der Waals surface area contributed by atoms with E-state index in [2.05, 4.69) is 5.32 Å². The number of nitrogens with zero attached hydrogens (tertiary/aromatic N) is 1. The van der Waals surface area contributed by atoms with Gasteiger partial charge in [-0.05, 0) is 30.3 Å². The zero-order chi connectivity index (χ0) is 19.3. The minimum absolute atomic E-state index is 0.00672. The van der Waals surface area contributed by atoms with Crippen molar-refractivity contribution in [2.75, 3.05) is 18.0 Å². The lowest BCUT2D eigenvalue weighted by Crippen LogP contribution is -2.38. The monoisotopic (exact) mass is 384 g/mol. The number of amides is 2. The van der Waals surface area contributed by atoms with Gasteiger partial charge in [-0.3, -0.25) is 9.59 Å². The molecule has 0 fully saturated rings. The molecule has 2 rings (SSSR count). The van der Waals surface area contributed by atoms with Crippen LogP contribution in [0.3, 0.4) is 0 Å². The summed E-state index contributed by atoms with van der Waals surface area (Å²) in [5.74, 6) is -0.951. The SMILES string of the molecule is CC(=O)N(CCNC(=O)c1ccccc1)c1ccc(Cl)cc1C(F)(F)F. The van der Waals surface area contributed by atoms with Gasteiger partial charge >= 0.3 is 6.18 Å². The Kier molecular flexibility index (Phi) is 6.26. The van der Waals surface area contributed by atoms with E-state index in [1.807, 2.05) is 0 Å². The van der Waals surface area contributed by atoms with Crippen LogP contribution in [-0.2, 0) is 11.0 Å². The quantitative estimate of drug-likeness (QED) is 0.842. The van der Waals surface area contributed by atoms with Crippen molar-refractivity contribution in [3.63, 3.8) is 0 Å². The first kappa shape index (κ1) is 19.8. The van der Waals surface area contributed by atoms with Crippen LogP contribution in [0.15, 0.2) is 48.5 Å². The van der Waals surface area contributed by atoms with Gasteiger partial charge in [0, 0.05) is 30.6 Å². The van der Waals surface area contributed by atoms with E-state index in [1.54, 1.807) is 30.3 Å². The maximum atomic E-state index is 13.3. The van der Waals surface area contributed by atoms with E-state index in [9.17, 15) is 22.8 Å². The van der Waals surface area contributed by atoms with Crippen LogP contribution in [-0.4, -0.2) is 24.9 Å². The molecule has 2 aromatic carbocycles. The summed E-state index contributed by atoms with van der Waals surface area (Å²) in [5.41, 5.74) is -0.887. The largest absolute Gasteiger partial charge is 0.418 e. The van der Waals surface area contributed by atoms with Gasteiger partial charge in [0.05, 0.1) is 11.3 Å². The summed E-state index contributed by atoms with van der Waals surface area (Å²) in [6.07, 6.45) is -4.67. The van der Waals surface area contributed by atoms with Crippen LogP contribution in [0, 0.1) is 0 Å². The highest BCUT2D eigenvalue weighted by molar-refractivity contribution is 6.30. The Hall–Kier alpha value is -2.54. The Morgan fingerprint density at radius 2 is 1.77 bits per heavy atom. The molecular weight excluding hydrogens is 369 g/mol. The minimum atomic E-state index is -4.67. The molecule has 0 radical (unpaired) electrons. The molecule has 0 aliphatic heterocycles. The number of anilines is 1. The predicted octanol–water partition coefficient (Wildman–Crippen LogP) is 4.14. The average molecular weight is 385 g/mol. The molecule has 0 spiro atoms. The molecule has 2 amide bonds. The maximum absolute atomic E-state index is 13.3. The van der Waals surface area contributed by atoms with Gasteiger partial charge in [0.2, 0.25) is 5.91 Å². The van der Waals surface area contributed by atoms with Crippen molar-refractivity contribution in [1.82, 2.24) is 5.32 Å². The van der Waals surface area contributed by atoms with Crippen LogP contribution in [0.5, 0.6) is 0 Å². The molecule has 0 aliphatic rings. The second-order valence-corrected chi connectivity index (χ2v) is 5.89. The van der Waals surface area contributed by atoms with E-state index in [0.717, 1.165) is 24.0 Å². The van der Waals surface area contributed by atoms with Gasteiger partial charge in [0.15, 0.2) is 0 Å². The molecule has 138 valence electrons. The van der Waals surface area contributed by atoms with Crippen LogP contribution in [0.25, 0.3) is 0 Å². The number of carbonyl (C=O) groups is 2. The summed E-state index contributed by atoms with van der Waals surface area (Å²) in [6.45, 7) is 1.04. The highest BCUT2D eigenvalue weighted by atomic mass is 35.5. The molecule has 0 atom stereocenters. The highest BCUT2D eigenvalue weighted by Crippen LogP contribution is 2.38. The highest BCUT2D eigenvalue weighted by Gasteiger charge is 2.35. The summed E-state index contributed by atoms with van der Waals surface area (Å²) in [6, 6.07) is 11.6. The molecule has 0 bridgehead atoms. The third kappa shape index (κ3) is 4.98. The summed E-state index contributed by atoms with van der Waals surface area (Å²) < 4.78 is 39.8. The number of benzene rings is 2. The molecule has 0 saturated carbocycles. The Labute approximate surface area is 153 Å². The molecule has 8 heteroatoms. The molecule has 0 saturated heterocycles. The molecule has 0 aromatic heterocycles. The number of halogens is 4. The number of nitrogens with one attached hydrogen (secondary N) is 1. The zero-order valence-electron chi connectivity index (χ0n) is 13.8. The molecular formula is C18H16ClF3N2O2. The van der Waals surface area contributed by atoms with Crippen molar-refractivity contribution in [3.8, 4) is 0 Å². The van der Waals surface area contributed by atoms with Gasteiger partial charge in [0.25, 0.3) is 5.91 Å². The number of alkyl halides is 3. The second kappa shape index (κ2) is 8.23. The van der Waals surface area contributed by atoms with Crippen molar-refractivity contribution >= 4 is 29.1 Å². The van der Waals surface area contributed by atoms with Gasteiger partial charge in [-0.1, -0.05) is 29.8 Å². The Morgan fingerprint density at radius 1 is 1.12 bits per heavy atom. The zero-order valence-corrected chi connectivity index (χ0v) is 14.6. The Balaban J connectivity index is 2.15. The minimum Gasteiger partial charge on any atom is -0.350 e. The lowest BCUT2D eigenvalue weighted by atomic mass is 10.1. The number of hydrogen-bond acceptors (Lipinski definition) is 2. The van der Waals surface area contributed by atoms with Crippen LogP contribution in [0.1, 0.15) is 22.8 Å². The third-order valence-corrected chi connectivity index (χ3v) is 3.83. The molecule has 0 aliphatic carbocycles. The van der Waals surface area contributed by atoms with Crippen molar-refractivity contribution in [1.29, 1.82) is 0 Å². The van der Waals surface area contributed by atoms with E-state index < -0.39 is 17.6 Å². The fourth-order valence-corrected chi connectivity index (χ4v) is 2.56. The standard InChI is InChI=1S/C18H16ClF3N2O2/c1-12(25)24(10-9-23-17(26)13-5-3-2-4-6-13)16-8-7-14(19)11-15(16)18(20,21)22/h2-8,11H,9-10H2,1H3,(H,23,26). The first-order chi connectivity index (χ1) is 12.2. The molecule has 0 unspecified atom stereocenters. The van der Waals surface area contributed by atoms with Gasteiger partial charge in [-0.2, -0.15) is 13.2 Å². The van der Waals surface area contributed by atoms with Crippen molar-refractivity contribution in [3.05, 3.63) is 64.7 Å². The second-order valence-electron chi connectivity index (χ2n) is 5.45. The maximum Gasteiger partial charge on any atom is 0.418 e. The van der Waals surface area contributed by atoms with Crippen molar-refractivity contribution in [2.24, 2.45) is 0 Å². The summed E-state index contributed by atoms with van der Waals surface area (Å²) >= 11 is 5.66. The number of hydrogen-bond donors (Lipinski definition) is 1. The lowest BCUT2D eigenvalue weighted by molar-refractivity contribution is -0.137. The van der Waals surface area contributed by atoms with Crippen molar-refractivity contribution in [2.45, 2.75) is 13.1 Å². The first-order valence-corrected chi connectivity index (χ1v) is 8.06. The Morgan fingerprint density at radius 3 is 2.35 bits per heavy atom. The molecule has 26 heavy (non-hydrogen) atoms. The molecule has 2 aromatic rings. The van der Waals surface area contributed by atoms with Crippen molar-refractivity contribution < 1.29 is 22.8 Å². The van der Waals surface area contributed by atoms with E-state index in [4.69, 9.17) is 11.6 Å². The van der Waals surface area contributed by atoms with Gasteiger partial charge in [-0.15, -0.1) is 0 Å². The van der Waals surface area contributed by atoms with E-state index >= 15 is 0 Å². The number of carbonyl (C=O) groups excluding carboxylic acids is 2. The molecule has 4 nitrogen and oxygen atoms in total. The molecule has 0 heterocycles. The van der Waals surface area contributed by atoms with E-state index in [1.165, 1.54) is 6.07 Å². The van der Waals surface area contributed by atoms with E-state index in [-0.39, 0.29) is 29.7 Å². The fourth-order valence-electron chi connectivity index (χ4n) is 2.39. The third-order valence-electron chi connectivity index (χ3n) is 3.59. The smallest absolute Gasteiger partial charge is 0.350 e. The lowest BCUT2D eigenvalue weighted by Gasteiger charge is -2.25. The molecule has 1 N–H and O–H groups in total. The van der Waals surface area contributed by atoms with E-state index in [0.29, 0.717) is 5.56 Å². The average Bonchev–Trinajstić information content (AvgIpc) is 2.58. The van der Waals surface area contributed by atoms with Gasteiger partial charge in [0.1, 0.15) is 0 Å². The normalized spacial score (nSPS) is 11.1.